The molecule has 0 amide bonds. The van der Waals surface area contributed by atoms with Gasteiger partial charge < -0.3 is 10.5 Å². The summed E-state index contributed by atoms with van der Waals surface area (Å²) in [6.45, 7) is 1.31. The highest BCUT2D eigenvalue weighted by Crippen LogP contribution is 2.35. The molecule has 12 heteroatoms. The maximum Gasteiger partial charge on any atom is 0.239 e. The van der Waals surface area contributed by atoms with Gasteiger partial charge in [0.1, 0.15) is 11.2 Å². The molecular weight excluding hydrogens is 423 g/mol. The molecule has 0 fully saturated rings. The van der Waals surface area contributed by atoms with Gasteiger partial charge in [-0.05, 0) is 30.7 Å². The molecule has 1 aromatic carbocycles. The van der Waals surface area contributed by atoms with E-state index in [4.69, 9.17) is 10.5 Å². The number of sulfonamides is 1. The summed E-state index contributed by atoms with van der Waals surface area (Å²) in [6.07, 6.45) is 3.23. The number of ether oxygens (including phenoxy) is 1. The molecule has 8 nitrogen and oxygen atoms in total. The lowest BCUT2D eigenvalue weighted by Gasteiger charge is -2.34. The Morgan fingerprint density at radius 3 is 2.57 bits per heavy atom. The van der Waals surface area contributed by atoms with Crippen LogP contribution in [0.5, 0.6) is 5.88 Å². The average molecular weight is 441 g/mol. The van der Waals surface area contributed by atoms with Crippen molar-refractivity contribution in [3.63, 3.8) is 0 Å². The Morgan fingerprint density at radius 2 is 2.00 bits per heavy atom. The summed E-state index contributed by atoms with van der Waals surface area (Å²) >= 11 is 0. The summed E-state index contributed by atoms with van der Waals surface area (Å²) in [7, 11) is -1.34. The highest BCUT2D eigenvalue weighted by Gasteiger charge is 2.42. The number of guanidine groups is 1. The Bertz CT molecular complexity index is 1150. The van der Waals surface area contributed by atoms with Gasteiger partial charge in [0.15, 0.2) is 17.5 Å². The number of rotatable bonds is 4. The predicted octanol–water partition coefficient (Wildman–Crippen LogP) is 2.04. The molecule has 2 heterocycles. The van der Waals surface area contributed by atoms with Crippen molar-refractivity contribution >= 4 is 27.9 Å². The van der Waals surface area contributed by atoms with E-state index in [0.29, 0.717) is 0 Å². The molecular formula is C18H18F3N5O3S. The fourth-order valence-corrected chi connectivity index (χ4v) is 4.39. The highest BCUT2D eigenvalue weighted by molar-refractivity contribution is 7.89. The fraction of sp³-hybridized carbons (Fsp3) is 0.278. The molecule has 0 aliphatic carbocycles. The molecule has 0 radical (unpaired) electrons. The second kappa shape index (κ2) is 7.59. The minimum absolute atomic E-state index is 0.0645. The van der Waals surface area contributed by atoms with Gasteiger partial charge in [0.2, 0.25) is 21.9 Å². The molecule has 1 aliphatic rings. The molecule has 160 valence electrons. The number of nitrogens with two attached hydrogens (primary N) is 1. The summed E-state index contributed by atoms with van der Waals surface area (Å²) < 4.78 is 73.7. The third kappa shape index (κ3) is 3.95. The Morgan fingerprint density at radius 1 is 1.30 bits per heavy atom. The first-order valence-electron chi connectivity index (χ1n) is 8.52. The summed E-state index contributed by atoms with van der Waals surface area (Å²) in [5.41, 5.74) is 3.36. The zero-order valence-electron chi connectivity index (χ0n) is 16.2. The zero-order chi connectivity index (χ0) is 22.3. The molecule has 1 unspecified atom stereocenters. The van der Waals surface area contributed by atoms with E-state index >= 15 is 0 Å². The lowest BCUT2D eigenvalue weighted by molar-refractivity contribution is 0.395. The molecule has 2 aromatic rings. The number of benzene rings is 1. The van der Waals surface area contributed by atoms with Gasteiger partial charge in [-0.25, -0.2) is 40.9 Å². The van der Waals surface area contributed by atoms with Crippen molar-refractivity contribution in [3.8, 4) is 5.88 Å². The first-order valence-corrected chi connectivity index (χ1v) is 10.1. The third-order valence-corrected chi connectivity index (χ3v) is 6.52. The topological polar surface area (TPSA) is 111 Å². The summed E-state index contributed by atoms with van der Waals surface area (Å²) in [5, 5.41) is 0. The van der Waals surface area contributed by atoms with Gasteiger partial charge >= 0.3 is 0 Å². The van der Waals surface area contributed by atoms with Gasteiger partial charge in [-0.3, -0.25) is 0 Å². The molecule has 0 spiro atoms. The molecule has 1 aliphatic heterocycles. The standard InChI is InChI=1S/C18H18F3N5O3S/c1-18(9-30(27,28)26(2)17(22)25-18)11-4-10(6-13(20)16(11)21)5-12(19)14-7-24-15(29-3)8-23-14/h4-8H,9H2,1-3H3,(H2,22,25). The van der Waals surface area contributed by atoms with Crippen LogP contribution in [0.15, 0.2) is 29.5 Å². The first kappa shape index (κ1) is 21.6. The van der Waals surface area contributed by atoms with Crippen LogP contribution in [0, 0.1) is 11.6 Å². The Balaban J connectivity index is 2.08. The minimum Gasteiger partial charge on any atom is -0.480 e. The van der Waals surface area contributed by atoms with Gasteiger partial charge in [-0.15, -0.1) is 0 Å². The number of nitrogens with zero attached hydrogens (tertiary/aromatic N) is 4. The van der Waals surface area contributed by atoms with E-state index in [2.05, 4.69) is 15.0 Å². The van der Waals surface area contributed by atoms with Crippen LogP contribution in [0.1, 0.15) is 23.7 Å². The van der Waals surface area contributed by atoms with Crippen LogP contribution in [-0.2, 0) is 15.6 Å². The van der Waals surface area contributed by atoms with Gasteiger partial charge in [-0.1, -0.05) is 0 Å². The second-order valence-electron chi connectivity index (χ2n) is 6.77. The fourth-order valence-electron chi connectivity index (χ4n) is 2.94. The van der Waals surface area contributed by atoms with E-state index in [9.17, 15) is 21.6 Å². The van der Waals surface area contributed by atoms with Crippen molar-refractivity contribution in [3.05, 3.63) is 53.0 Å². The van der Waals surface area contributed by atoms with Crippen molar-refractivity contribution in [2.24, 2.45) is 10.7 Å². The monoisotopic (exact) mass is 441 g/mol. The molecule has 0 bridgehead atoms. The molecule has 30 heavy (non-hydrogen) atoms. The molecule has 1 atom stereocenters. The Kier molecular flexibility index (Phi) is 5.46. The summed E-state index contributed by atoms with van der Waals surface area (Å²) in [4.78, 5) is 11.7. The van der Waals surface area contributed by atoms with Crippen molar-refractivity contribution < 1.29 is 26.3 Å². The van der Waals surface area contributed by atoms with Crippen molar-refractivity contribution in [2.45, 2.75) is 12.5 Å². The maximum atomic E-state index is 14.6. The predicted molar refractivity (Wildman–Crippen MR) is 104 cm³/mol. The normalized spacial score (nSPS) is 21.3. The average Bonchev–Trinajstić information content (AvgIpc) is 2.68. The number of hydrogen-bond donors (Lipinski definition) is 1. The quantitative estimate of drug-likeness (QED) is 0.777. The van der Waals surface area contributed by atoms with Gasteiger partial charge in [-0.2, -0.15) is 0 Å². The van der Waals surface area contributed by atoms with E-state index in [1.165, 1.54) is 27.3 Å². The molecule has 0 saturated heterocycles. The number of aliphatic imine (C=N–C) groups is 1. The zero-order valence-corrected chi connectivity index (χ0v) is 17.0. The van der Waals surface area contributed by atoms with Crippen LogP contribution in [0.3, 0.4) is 0 Å². The number of halogens is 3. The molecule has 2 N–H and O–H groups in total. The van der Waals surface area contributed by atoms with Crippen molar-refractivity contribution in [1.29, 1.82) is 0 Å². The maximum absolute atomic E-state index is 14.6. The van der Waals surface area contributed by atoms with Crippen molar-refractivity contribution in [1.82, 2.24) is 14.3 Å². The van der Waals surface area contributed by atoms with Crippen LogP contribution >= 0.6 is 0 Å². The first-order chi connectivity index (χ1) is 14.0. The van der Waals surface area contributed by atoms with E-state index in [1.54, 1.807) is 0 Å². The molecule has 1 aromatic heterocycles. The van der Waals surface area contributed by atoms with Gasteiger partial charge in [0, 0.05) is 12.6 Å². The van der Waals surface area contributed by atoms with E-state index in [0.717, 1.165) is 28.7 Å². The lowest BCUT2D eigenvalue weighted by atomic mass is 9.92. The molecule has 3 rings (SSSR count). The van der Waals surface area contributed by atoms with Crippen LogP contribution < -0.4 is 10.5 Å². The lowest BCUT2D eigenvalue weighted by Crippen LogP contribution is -2.50. The smallest absolute Gasteiger partial charge is 0.239 e. The number of methoxy groups -OCH3 is 1. The van der Waals surface area contributed by atoms with Crippen LogP contribution in [-0.4, -0.2) is 48.6 Å². The number of aromatic nitrogens is 2. The van der Waals surface area contributed by atoms with Gasteiger partial charge in [0.05, 0.1) is 25.3 Å². The molecule has 0 saturated carbocycles. The van der Waals surface area contributed by atoms with E-state index in [1.807, 2.05) is 0 Å². The van der Waals surface area contributed by atoms with Crippen LogP contribution in [0.4, 0.5) is 13.2 Å². The summed E-state index contributed by atoms with van der Waals surface area (Å²) in [6, 6.07) is 1.89. The number of hydrogen-bond acceptors (Lipinski definition) is 7. The highest BCUT2D eigenvalue weighted by atomic mass is 32.2. The van der Waals surface area contributed by atoms with Crippen LogP contribution in [0.2, 0.25) is 0 Å². The van der Waals surface area contributed by atoms with Crippen LogP contribution in [0.25, 0.3) is 11.9 Å². The van der Waals surface area contributed by atoms with E-state index < -0.39 is 38.8 Å². The Hall–Kier alpha value is -3.15. The summed E-state index contributed by atoms with van der Waals surface area (Å²) in [5.74, 6) is -4.30. The van der Waals surface area contributed by atoms with E-state index in [-0.39, 0.29) is 28.7 Å². The minimum atomic E-state index is -3.91. The third-order valence-electron chi connectivity index (χ3n) is 4.57. The second-order valence-corrected chi connectivity index (χ2v) is 8.77. The largest absolute Gasteiger partial charge is 0.480 e. The Labute approximate surface area is 171 Å². The SMILES string of the molecule is COc1cnc(C(F)=Cc2cc(F)c(F)c(C3(C)CS(=O)(=O)N(C)C(N)=N3)c2)cn1. The van der Waals surface area contributed by atoms with Crippen molar-refractivity contribution in [2.75, 3.05) is 19.9 Å². The van der Waals surface area contributed by atoms with Gasteiger partial charge in [0.25, 0.3) is 0 Å².